The van der Waals surface area contributed by atoms with Crippen molar-refractivity contribution in [3.05, 3.63) is 0 Å². The highest BCUT2D eigenvalue weighted by Crippen LogP contribution is 2.48. The van der Waals surface area contributed by atoms with Crippen LogP contribution in [0.2, 0.25) is 0 Å². The zero-order valence-electron chi connectivity index (χ0n) is 10.5. The summed E-state index contributed by atoms with van der Waals surface area (Å²) in [7, 11) is -2.02. The largest absolute Gasteiger partial charge is 0.396 e. The molecule has 0 aliphatic carbocycles. The van der Waals surface area contributed by atoms with Gasteiger partial charge in [0.05, 0.1) is 7.14 Å². The molecule has 0 aromatic rings. The van der Waals surface area contributed by atoms with Crippen LogP contribution in [0, 0.1) is 0 Å². The average molecular weight is 250 g/mol. The zero-order valence-corrected chi connectivity index (χ0v) is 11.4. The summed E-state index contributed by atoms with van der Waals surface area (Å²) in [6, 6.07) is 0. The third-order valence-corrected chi connectivity index (χ3v) is 6.26. The van der Waals surface area contributed by atoms with Crippen molar-refractivity contribution in [2.45, 2.75) is 45.4 Å². The van der Waals surface area contributed by atoms with Crippen molar-refractivity contribution < 1.29 is 14.8 Å². The van der Waals surface area contributed by atoms with Crippen LogP contribution < -0.4 is 0 Å². The Morgan fingerprint density at radius 2 is 1.25 bits per heavy atom. The Balaban J connectivity index is 3.97. The first kappa shape index (κ1) is 16.1. The van der Waals surface area contributed by atoms with Crippen LogP contribution in [0.1, 0.15) is 45.4 Å². The van der Waals surface area contributed by atoms with Crippen molar-refractivity contribution in [2.75, 3.05) is 31.7 Å². The Morgan fingerprint density at radius 3 is 1.62 bits per heavy atom. The summed E-state index contributed by atoms with van der Waals surface area (Å²) in [5, 5.41) is 17.5. The van der Waals surface area contributed by atoms with E-state index < -0.39 is 7.14 Å². The molecule has 0 aromatic carbocycles. The second-order valence-electron chi connectivity index (χ2n) is 4.44. The fraction of sp³-hybridized carbons (Fsp3) is 1.00. The summed E-state index contributed by atoms with van der Waals surface area (Å²) in [5.41, 5.74) is 0. The molecule has 16 heavy (non-hydrogen) atoms. The van der Waals surface area contributed by atoms with E-state index in [9.17, 15) is 4.57 Å². The summed E-state index contributed by atoms with van der Waals surface area (Å²) in [4.78, 5) is 0. The maximum atomic E-state index is 12.6. The van der Waals surface area contributed by atoms with Crippen molar-refractivity contribution in [1.29, 1.82) is 0 Å². The van der Waals surface area contributed by atoms with Crippen LogP contribution in [0.15, 0.2) is 0 Å². The van der Waals surface area contributed by atoms with E-state index in [-0.39, 0.29) is 13.2 Å². The summed E-state index contributed by atoms with van der Waals surface area (Å²) in [5.74, 6) is 0. The van der Waals surface area contributed by atoms with Crippen molar-refractivity contribution >= 4 is 7.14 Å². The van der Waals surface area contributed by atoms with Gasteiger partial charge in [-0.15, -0.1) is 0 Å². The molecule has 0 heterocycles. The SMILES string of the molecule is CCCCP(=O)(CCCCO)CCCCO. The van der Waals surface area contributed by atoms with Gasteiger partial charge in [0.2, 0.25) is 0 Å². The minimum Gasteiger partial charge on any atom is -0.396 e. The highest BCUT2D eigenvalue weighted by atomic mass is 31.2. The van der Waals surface area contributed by atoms with Crippen LogP contribution in [-0.2, 0) is 4.57 Å². The Labute approximate surface area is 99.6 Å². The lowest BCUT2D eigenvalue weighted by atomic mass is 10.4. The maximum Gasteiger partial charge on any atom is 0.0877 e. The molecule has 0 unspecified atom stereocenters. The van der Waals surface area contributed by atoms with Crippen molar-refractivity contribution in [3.8, 4) is 0 Å². The van der Waals surface area contributed by atoms with E-state index in [2.05, 4.69) is 6.92 Å². The topological polar surface area (TPSA) is 57.5 Å². The lowest BCUT2D eigenvalue weighted by Crippen LogP contribution is -2.02. The average Bonchev–Trinajstić information content (AvgIpc) is 2.27. The predicted octanol–water partition coefficient (Wildman–Crippen LogP) is 2.69. The summed E-state index contributed by atoms with van der Waals surface area (Å²) < 4.78 is 12.6. The van der Waals surface area contributed by atoms with Crippen LogP contribution in [0.4, 0.5) is 0 Å². The van der Waals surface area contributed by atoms with Crippen LogP contribution in [0.3, 0.4) is 0 Å². The number of rotatable bonds is 11. The maximum absolute atomic E-state index is 12.6. The molecule has 0 fully saturated rings. The van der Waals surface area contributed by atoms with Gasteiger partial charge in [-0.1, -0.05) is 13.3 Å². The van der Waals surface area contributed by atoms with Gasteiger partial charge in [0.15, 0.2) is 0 Å². The lowest BCUT2D eigenvalue weighted by Gasteiger charge is -2.17. The molecule has 98 valence electrons. The van der Waals surface area contributed by atoms with Gasteiger partial charge in [-0.2, -0.15) is 0 Å². The minimum atomic E-state index is -2.02. The van der Waals surface area contributed by atoms with E-state index >= 15 is 0 Å². The lowest BCUT2D eigenvalue weighted by molar-refractivity contribution is 0.286. The van der Waals surface area contributed by atoms with Crippen LogP contribution in [-0.4, -0.2) is 41.9 Å². The molecule has 0 saturated heterocycles. The van der Waals surface area contributed by atoms with Crippen molar-refractivity contribution in [1.82, 2.24) is 0 Å². The van der Waals surface area contributed by atoms with Gasteiger partial charge in [-0.05, 0) is 32.1 Å². The molecule has 2 N–H and O–H groups in total. The van der Waals surface area contributed by atoms with E-state index in [0.717, 1.165) is 57.0 Å². The summed E-state index contributed by atoms with van der Waals surface area (Å²) in [6.07, 6.45) is 7.79. The molecule has 0 spiro atoms. The Kier molecular flexibility index (Phi) is 10.4. The molecular weight excluding hydrogens is 223 g/mol. The standard InChI is InChI=1S/C12H27O3P/c1-2-3-10-16(15,11-6-4-8-13)12-7-5-9-14/h13-14H,2-12H2,1H3. The molecule has 0 aromatic heterocycles. The first-order valence-electron chi connectivity index (χ1n) is 6.47. The van der Waals surface area contributed by atoms with E-state index in [1.54, 1.807) is 0 Å². The predicted molar refractivity (Wildman–Crippen MR) is 69.8 cm³/mol. The monoisotopic (exact) mass is 250 g/mol. The summed E-state index contributed by atoms with van der Waals surface area (Å²) in [6.45, 7) is 2.51. The molecular formula is C12H27O3P. The Morgan fingerprint density at radius 1 is 0.812 bits per heavy atom. The number of hydrogen-bond acceptors (Lipinski definition) is 3. The number of hydrogen-bond donors (Lipinski definition) is 2. The molecule has 0 rings (SSSR count). The number of aliphatic hydroxyl groups is 2. The second kappa shape index (κ2) is 10.3. The third-order valence-electron chi connectivity index (χ3n) is 2.87. The quantitative estimate of drug-likeness (QED) is 0.438. The summed E-state index contributed by atoms with van der Waals surface area (Å²) >= 11 is 0. The van der Waals surface area contributed by atoms with Crippen LogP contribution in [0.5, 0.6) is 0 Å². The molecule has 0 aliphatic heterocycles. The molecule has 0 bridgehead atoms. The van der Waals surface area contributed by atoms with Crippen LogP contribution in [0.25, 0.3) is 0 Å². The fourth-order valence-corrected chi connectivity index (χ4v) is 4.97. The van der Waals surface area contributed by atoms with Gasteiger partial charge in [-0.25, -0.2) is 0 Å². The van der Waals surface area contributed by atoms with Gasteiger partial charge >= 0.3 is 0 Å². The van der Waals surface area contributed by atoms with E-state index in [0.29, 0.717) is 0 Å². The molecule has 0 atom stereocenters. The van der Waals surface area contributed by atoms with Gasteiger partial charge in [-0.3, -0.25) is 0 Å². The second-order valence-corrected chi connectivity index (χ2v) is 7.90. The number of unbranched alkanes of at least 4 members (excludes halogenated alkanes) is 3. The Bertz CT molecular complexity index is 181. The minimum absolute atomic E-state index is 0.199. The molecule has 0 radical (unpaired) electrons. The molecule has 0 saturated carbocycles. The zero-order chi connectivity index (χ0) is 12.3. The van der Waals surface area contributed by atoms with E-state index in [1.165, 1.54) is 0 Å². The van der Waals surface area contributed by atoms with E-state index in [4.69, 9.17) is 10.2 Å². The van der Waals surface area contributed by atoms with Gasteiger partial charge in [0.25, 0.3) is 0 Å². The third kappa shape index (κ3) is 8.32. The van der Waals surface area contributed by atoms with Crippen LogP contribution >= 0.6 is 7.14 Å². The molecule has 0 amide bonds. The van der Waals surface area contributed by atoms with Gasteiger partial charge in [0.1, 0.15) is 0 Å². The molecule has 4 heteroatoms. The first-order chi connectivity index (χ1) is 7.68. The first-order valence-corrected chi connectivity index (χ1v) is 8.73. The number of aliphatic hydroxyl groups excluding tert-OH is 2. The highest BCUT2D eigenvalue weighted by Gasteiger charge is 2.19. The molecule has 0 aliphatic rings. The molecule has 3 nitrogen and oxygen atoms in total. The highest BCUT2D eigenvalue weighted by molar-refractivity contribution is 7.63. The fourth-order valence-electron chi connectivity index (χ4n) is 1.81. The van der Waals surface area contributed by atoms with E-state index in [1.807, 2.05) is 0 Å². The van der Waals surface area contributed by atoms with Crippen molar-refractivity contribution in [2.24, 2.45) is 0 Å². The van der Waals surface area contributed by atoms with Gasteiger partial charge in [0, 0.05) is 31.7 Å². The van der Waals surface area contributed by atoms with Crippen molar-refractivity contribution in [3.63, 3.8) is 0 Å². The smallest absolute Gasteiger partial charge is 0.0877 e. The Hall–Kier alpha value is 0.150. The van der Waals surface area contributed by atoms with Gasteiger partial charge < -0.3 is 14.8 Å². The normalized spacial score (nSPS) is 11.9.